The minimum atomic E-state index is 0.158. The molecule has 0 bridgehead atoms. The van der Waals surface area contributed by atoms with Crippen molar-refractivity contribution in [3.63, 3.8) is 0 Å². The second-order valence-corrected chi connectivity index (χ2v) is 5.39. The van der Waals surface area contributed by atoms with E-state index >= 15 is 0 Å². The van der Waals surface area contributed by atoms with Gasteiger partial charge in [-0.15, -0.1) is 0 Å². The molecule has 2 rings (SSSR count). The molecule has 1 unspecified atom stereocenters. The van der Waals surface area contributed by atoms with Gasteiger partial charge in [-0.05, 0) is 44.0 Å². The number of ether oxygens (including phenoxy) is 1. The highest BCUT2D eigenvalue weighted by Crippen LogP contribution is 2.21. The van der Waals surface area contributed by atoms with Gasteiger partial charge in [0.05, 0.1) is 6.10 Å². The molecule has 0 saturated carbocycles. The van der Waals surface area contributed by atoms with E-state index in [2.05, 4.69) is 0 Å². The fourth-order valence-corrected chi connectivity index (χ4v) is 2.37. The van der Waals surface area contributed by atoms with Gasteiger partial charge in [-0.25, -0.2) is 0 Å². The molecule has 104 valence electrons. The molecule has 1 saturated heterocycles. The zero-order valence-electron chi connectivity index (χ0n) is 11.6. The lowest BCUT2D eigenvalue weighted by atomic mass is 10.1. The third-order valence-corrected chi connectivity index (χ3v) is 3.27. The Bertz CT molecular complexity index is 446. The summed E-state index contributed by atoms with van der Waals surface area (Å²) in [4.78, 5) is 13.7. The quantitative estimate of drug-likeness (QED) is 0.880. The maximum atomic E-state index is 11.8. The van der Waals surface area contributed by atoms with E-state index < -0.39 is 0 Å². The normalized spacial score (nSPS) is 19.3. The summed E-state index contributed by atoms with van der Waals surface area (Å²) in [5.74, 6) is 1.36. The van der Waals surface area contributed by atoms with Crippen LogP contribution in [0.5, 0.6) is 5.75 Å². The van der Waals surface area contributed by atoms with Crippen LogP contribution in [0.1, 0.15) is 25.8 Å². The molecule has 1 aliphatic heterocycles. The largest absolute Gasteiger partial charge is 0.491 e. The molecule has 19 heavy (non-hydrogen) atoms. The van der Waals surface area contributed by atoms with Gasteiger partial charge >= 0.3 is 0 Å². The summed E-state index contributed by atoms with van der Waals surface area (Å²) in [5.41, 5.74) is 6.73. The van der Waals surface area contributed by atoms with E-state index in [0.717, 1.165) is 17.9 Å². The highest BCUT2D eigenvalue weighted by atomic mass is 16.5. The number of hydrogen-bond donors (Lipinski definition) is 1. The van der Waals surface area contributed by atoms with Crippen molar-refractivity contribution in [2.75, 3.05) is 13.1 Å². The van der Waals surface area contributed by atoms with Crippen LogP contribution in [0, 0.1) is 5.92 Å². The molecule has 1 aliphatic rings. The number of benzene rings is 1. The molecule has 1 heterocycles. The first-order valence-corrected chi connectivity index (χ1v) is 6.82. The van der Waals surface area contributed by atoms with E-state index in [9.17, 15) is 4.79 Å². The molecule has 1 amide bonds. The SMILES string of the molecule is CC(C)Oc1cccc(CN2CC(CN)CC2=O)c1. The van der Waals surface area contributed by atoms with Gasteiger partial charge in [-0.1, -0.05) is 12.1 Å². The van der Waals surface area contributed by atoms with Crippen molar-refractivity contribution < 1.29 is 9.53 Å². The predicted molar refractivity (Wildman–Crippen MR) is 74.8 cm³/mol. The van der Waals surface area contributed by atoms with Gasteiger partial charge in [0.15, 0.2) is 0 Å². The second-order valence-electron chi connectivity index (χ2n) is 5.39. The van der Waals surface area contributed by atoms with Gasteiger partial charge in [-0.2, -0.15) is 0 Å². The third kappa shape index (κ3) is 3.70. The van der Waals surface area contributed by atoms with E-state index in [4.69, 9.17) is 10.5 Å². The zero-order chi connectivity index (χ0) is 13.8. The number of likely N-dealkylation sites (tertiary alicyclic amines) is 1. The van der Waals surface area contributed by atoms with Gasteiger partial charge in [-0.3, -0.25) is 4.79 Å². The van der Waals surface area contributed by atoms with Crippen molar-refractivity contribution in [1.29, 1.82) is 0 Å². The molecular weight excluding hydrogens is 240 g/mol. The summed E-state index contributed by atoms with van der Waals surface area (Å²) in [6.45, 7) is 6.00. The highest BCUT2D eigenvalue weighted by molar-refractivity contribution is 5.78. The summed E-state index contributed by atoms with van der Waals surface area (Å²) in [6.07, 6.45) is 0.740. The summed E-state index contributed by atoms with van der Waals surface area (Å²) in [7, 11) is 0. The molecule has 0 spiro atoms. The van der Waals surface area contributed by atoms with Crippen molar-refractivity contribution in [1.82, 2.24) is 4.90 Å². The average molecular weight is 262 g/mol. The number of rotatable bonds is 5. The number of nitrogens with two attached hydrogens (primary N) is 1. The number of carbonyl (C=O) groups excluding carboxylic acids is 1. The van der Waals surface area contributed by atoms with E-state index in [1.54, 1.807) is 0 Å². The van der Waals surface area contributed by atoms with Gasteiger partial charge in [0.25, 0.3) is 0 Å². The minimum Gasteiger partial charge on any atom is -0.491 e. The molecule has 4 nitrogen and oxygen atoms in total. The maximum Gasteiger partial charge on any atom is 0.223 e. The molecule has 0 radical (unpaired) electrons. The minimum absolute atomic E-state index is 0.158. The molecule has 0 aromatic heterocycles. The molecule has 4 heteroatoms. The molecule has 0 aliphatic carbocycles. The standard InChI is InChI=1S/C15H22N2O2/c1-11(2)19-14-5-3-4-12(6-14)9-17-10-13(8-16)7-15(17)18/h3-6,11,13H,7-10,16H2,1-2H3. The predicted octanol–water partition coefficient (Wildman–Crippen LogP) is 1.78. The molecule has 1 atom stereocenters. The topological polar surface area (TPSA) is 55.6 Å². The number of amides is 1. The van der Waals surface area contributed by atoms with Crippen LogP contribution in [0.15, 0.2) is 24.3 Å². The van der Waals surface area contributed by atoms with Crippen molar-refractivity contribution in [3.8, 4) is 5.75 Å². The van der Waals surface area contributed by atoms with Crippen LogP contribution in [0.25, 0.3) is 0 Å². The lowest BCUT2D eigenvalue weighted by Gasteiger charge is -2.17. The first kappa shape index (κ1) is 13.9. The van der Waals surface area contributed by atoms with Crippen molar-refractivity contribution in [2.45, 2.75) is 32.9 Å². The van der Waals surface area contributed by atoms with E-state index in [-0.39, 0.29) is 12.0 Å². The van der Waals surface area contributed by atoms with Crippen LogP contribution in [-0.2, 0) is 11.3 Å². The Balaban J connectivity index is 2.01. The molecular formula is C15H22N2O2. The van der Waals surface area contributed by atoms with Crippen LogP contribution in [0.4, 0.5) is 0 Å². The van der Waals surface area contributed by atoms with E-state index in [1.807, 2.05) is 43.0 Å². The van der Waals surface area contributed by atoms with Crippen LogP contribution < -0.4 is 10.5 Å². The van der Waals surface area contributed by atoms with Crippen LogP contribution >= 0.6 is 0 Å². The number of nitrogens with zero attached hydrogens (tertiary/aromatic N) is 1. The van der Waals surface area contributed by atoms with Crippen LogP contribution in [-0.4, -0.2) is 30.0 Å². The molecule has 1 aromatic carbocycles. The third-order valence-electron chi connectivity index (χ3n) is 3.27. The second kappa shape index (κ2) is 6.06. The lowest BCUT2D eigenvalue weighted by Crippen LogP contribution is -2.25. The van der Waals surface area contributed by atoms with Gasteiger partial charge in [0.2, 0.25) is 5.91 Å². The van der Waals surface area contributed by atoms with E-state index in [0.29, 0.717) is 25.4 Å². The summed E-state index contributed by atoms with van der Waals surface area (Å²) in [6, 6.07) is 7.94. The zero-order valence-corrected chi connectivity index (χ0v) is 11.6. The van der Waals surface area contributed by atoms with Crippen molar-refractivity contribution in [3.05, 3.63) is 29.8 Å². The fraction of sp³-hybridized carbons (Fsp3) is 0.533. The van der Waals surface area contributed by atoms with Gasteiger partial charge in [0, 0.05) is 19.5 Å². The Morgan fingerprint density at radius 2 is 2.26 bits per heavy atom. The van der Waals surface area contributed by atoms with Gasteiger partial charge in [0.1, 0.15) is 5.75 Å². The fourth-order valence-electron chi connectivity index (χ4n) is 2.37. The van der Waals surface area contributed by atoms with E-state index in [1.165, 1.54) is 0 Å². The van der Waals surface area contributed by atoms with Crippen molar-refractivity contribution >= 4 is 5.91 Å². The monoisotopic (exact) mass is 262 g/mol. The number of carbonyl (C=O) groups is 1. The van der Waals surface area contributed by atoms with Crippen LogP contribution in [0.3, 0.4) is 0 Å². The molecule has 2 N–H and O–H groups in total. The Morgan fingerprint density at radius 3 is 2.89 bits per heavy atom. The Labute approximate surface area is 114 Å². The van der Waals surface area contributed by atoms with Crippen molar-refractivity contribution in [2.24, 2.45) is 11.7 Å². The Hall–Kier alpha value is -1.55. The Kier molecular flexibility index (Phi) is 4.43. The highest BCUT2D eigenvalue weighted by Gasteiger charge is 2.28. The number of hydrogen-bond acceptors (Lipinski definition) is 3. The smallest absolute Gasteiger partial charge is 0.223 e. The summed E-state index contributed by atoms with van der Waals surface area (Å²) in [5, 5.41) is 0. The summed E-state index contributed by atoms with van der Waals surface area (Å²) < 4.78 is 5.67. The molecule has 1 aromatic rings. The first-order chi connectivity index (χ1) is 9.08. The Morgan fingerprint density at radius 1 is 1.47 bits per heavy atom. The first-order valence-electron chi connectivity index (χ1n) is 6.82. The molecule has 1 fully saturated rings. The summed E-state index contributed by atoms with van der Waals surface area (Å²) >= 11 is 0. The van der Waals surface area contributed by atoms with Crippen LogP contribution in [0.2, 0.25) is 0 Å². The lowest BCUT2D eigenvalue weighted by molar-refractivity contribution is -0.128. The van der Waals surface area contributed by atoms with Gasteiger partial charge < -0.3 is 15.4 Å². The maximum absolute atomic E-state index is 11.8. The average Bonchev–Trinajstić information content (AvgIpc) is 2.70.